The van der Waals surface area contributed by atoms with Gasteiger partial charge in [0.2, 0.25) is 5.91 Å². The minimum absolute atomic E-state index is 0.191. The Morgan fingerprint density at radius 1 is 1.43 bits per heavy atom. The molecular formula is C15H20FNO4. The highest BCUT2D eigenvalue weighted by Gasteiger charge is 2.22. The summed E-state index contributed by atoms with van der Waals surface area (Å²) in [6.45, 7) is 3.80. The third-order valence-corrected chi connectivity index (χ3v) is 2.94. The van der Waals surface area contributed by atoms with Gasteiger partial charge in [-0.25, -0.2) is 9.18 Å². The minimum Gasteiger partial charge on any atom is -0.479 e. The first kappa shape index (κ1) is 17.1. The van der Waals surface area contributed by atoms with E-state index < -0.39 is 23.7 Å². The summed E-state index contributed by atoms with van der Waals surface area (Å²) in [6.07, 6.45) is 1.79. The normalized spacial score (nSPS) is 12.0. The van der Waals surface area contributed by atoms with Crippen molar-refractivity contribution in [2.75, 3.05) is 13.2 Å². The van der Waals surface area contributed by atoms with E-state index in [1.807, 2.05) is 6.92 Å². The smallest absolute Gasteiger partial charge is 0.330 e. The Kier molecular flexibility index (Phi) is 6.81. The van der Waals surface area contributed by atoms with E-state index in [0.717, 1.165) is 12.8 Å². The Bertz CT molecular complexity index is 504. The molecule has 1 aromatic rings. The van der Waals surface area contributed by atoms with E-state index in [1.54, 1.807) is 0 Å². The molecule has 0 fully saturated rings. The zero-order chi connectivity index (χ0) is 15.8. The Balaban J connectivity index is 2.67. The van der Waals surface area contributed by atoms with Gasteiger partial charge in [-0.05, 0) is 30.5 Å². The molecule has 1 rings (SSSR count). The molecule has 0 aliphatic rings. The molecule has 1 aromatic carbocycles. The van der Waals surface area contributed by atoms with Crippen LogP contribution < -0.4 is 5.32 Å². The number of hydrogen-bond donors (Lipinski definition) is 2. The Labute approximate surface area is 123 Å². The molecule has 0 aromatic heterocycles. The fraction of sp³-hybridized carbons (Fsp3) is 0.467. The number of aryl methyl sites for hydroxylation is 1. The minimum atomic E-state index is -1.22. The molecule has 1 atom stereocenters. The molecule has 0 bridgehead atoms. The SMILES string of the molecule is CCCCOCC(=O)NC(C(=O)O)c1ccc(F)c(C)c1. The third-order valence-electron chi connectivity index (χ3n) is 2.94. The van der Waals surface area contributed by atoms with Crippen molar-refractivity contribution in [2.45, 2.75) is 32.7 Å². The highest BCUT2D eigenvalue weighted by Crippen LogP contribution is 2.17. The van der Waals surface area contributed by atoms with E-state index >= 15 is 0 Å². The van der Waals surface area contributed by atoms with Crippen LogP contribution >= 0.6 is 0 Å². The Morgan fingerprint density at radius 2 is 2.14 bits per heavy atom. The van der Waals surface area contributed by atoms with Crippen LogP contribution in [-0.4, -0.2) is 30.2 Å². The lowest BCUT2D eigenvalue weighted by Gasteiger charge is -2.15. The predicted molar refractivity (Wildman–Crippen MR) is 75.4 cm³/mol. The number of nitrogens with one attached hydrogen (secondary N) is 1. The molecule has 116 valence electrons. The molecule has 1 unspecified atom stereocenters. The van der Waals surface area contributed by atoms with Gasteiger partial charge in [-0.1, -0.05) is 25.5 Å². The summed E-state index contributed by atoms with van der Waals surface area (Å²) in [5.41, 5.74) is 0.649. The average Bonchev–Trinajstić information content (AvgIpc) is 2.44. The summed E-state index contributed by atoms with van der Waals surface area (Å²) in [4.78, 5) is 22.9. The van der Waals surface area contributed by atoms with Crippen molar-refractivity contribution in [3.63, 3.8) is 0 Å². The van der Waals surface area contributed by atoms with Crippen LogP contribution in [0.4, 0.5) is 4.39 Å². The summed E-state index contributed by atoms with van der Waals surface area (Å²) < 4.78 is 18.3. The van der Waals surface area contributed by atoms with Crippen LogP contribution in [-0.2, 0) is 14.3 Å². The maximum atomic E-state index is 13.2. The topological polar surface area (TPSA) is 75.6 Å². The summed E-state index contributed by atoms with van der Waals surface area (Å²) in [5.74, 6) is -2.14. The van der Waals surface area contributed by atoms with Crippen molar-refractivity contribution in [1.82, 2.24) is 5.32 Å². The molecule has 0 heterocycles. The average molecular weight is 297 g/mol. The number of carbonyl (C=O) groups is 2. The van der Waals surface area contributed by atoms with Gasteiger partial charge in [-0.15, -0.1) is 0 Å². The molecule has 21 heavy (non-hydrogen) atoms. The molecule has 5 nitrogen and oxygen atoms in total. The van der Waals surface area contributed by atoms with Gasteiger partial charge >= 0.3 is 5.97 Å². The predicted octanol–water partition coefficient (Wildman–Crippen LogP) is 2.19. The van der Waals surface area contributed by atoms with Gasteiger partial charge in [0.15, 0.2) is 6.04 Å². The molecule has 2 N–H and O–H groups in total. The van der Waals surface area contributed by atoms with Gasteiger partial charge in [0.25, 0.3) is 0 Å². The summed E-state index contributed by atoms with van der Waals surface area (Å²) in [6, 6.07) is 2.72. The van der Waals surface area contributed by atoms with E-state index in [-0.39, 0.29) is 6.61 Å². The van der Waals surface area contributed by atoms with Crippen LogP contribution in [0.15, 0.2) is 18.2 Å². The van der Waals surface area contributed by atoms with Crippen LogP contribution in [0.2, 0.25) is 0 Å². The number of unbranched alkanes of at least 4 members (excludes halogenated alkanes) is 1. The lowest BCUT2D eigenvalue weighted by Crippen LogP contribution is -2.36. The van der Waals surface area contributed by atoms with Gasteiger partial charge in [0.1, 0.15) is 12.4 Å². The number of rotatable bonds is 8. The number of hydrogen-bond acceptors (Lipinski definition) is 3. The fourth-order valence-corrected chi connectivity index (χ4v) is 1.75. The molecule has 0 aliphatic heterocycles. The van der Waals surface area contributed by atoms with Crippen molar-refractivity contribution in [3.05, 3.63) is 35.1 Å². The van der Waals surface area contributed by atoms with E-state index in [1.165, 1.54) is 25.1 Å². The Hall–Kier alpha value is -1.95. The third kappa shape index (κ3) is 5.51. The van der Waals surface area contributed by atoms with Gasteiger partial charge in [-0.3, -0.25) is 4.79 Å². The van der Waals surface area contributed by atoms with Gasteiger partial charge < -0.3 is 15.2 Å². The molecule has 1 amide bonds. The van der Waals surface area contributed by atoms with Gasteiger partial charge in [-0.2, -0.15) is 0 Å². The Morgan fingerprint density at radius 3 is 2.71 bits per heavy atom. The number of ether oxygens (including phenoxy) is 1. The molecule has 0 saturated heterocycles. The van der Waals surface area contributed by atoms with Crippen LogP contribution in [0.5, 0.6) is 0 Å². The van der Waals surface area contributed by atoms with Crippen molar-refractivity contribution in [3.8, 4) is 0 Å². The number of benzene rings is 1. The lowest BCUT2D eigenvalue weighted by molar-refractivity contribution is -0.142. The highest BCUT2D eigenvalue weighted by molar-refractivity contribution is 5.85. The monoisotopic (exact) mass is 297 g/mol. The van der Waals surface area contributed by atoms with E-state index in [4.69, 9.17) is 4.74 Å². The van der Waals surface area contributed by atoms with E-state index in [2.05, 4.69) is 5.32 Å². The maximum absolute atomic E-state index is 13.2. The second-order valence-electron chi connectivity index (χ2n) is 4.75. The number of halogens is 1. The molecule has 0 radical (unpaired) electrons. The van der Waals surface area contributed by atoms with Crippen LogP contribution in [0.25, 0.3) is 0 Å². The highest BCUT2D eigenvalue weighted by atomic mass is 19.1. The first-order valence-corrected chi connectivity index (χ1v) is 6.81. The fourth-order valence-electron chi connectivity index (χ4n) is 1.75. The quantitative estimate of drug-likeness (QED) is 0.721. The molecule has 0 saturated carbocycles. The van der Waals surface area contributed by atoms with Crippen LogP contribution in [0.3, 0.4) is 0 Å². The molecular weight excluding hydrogens is 277 g/mol. The van der Waals surface area contributed by atoms with Crippen molar-refractivity contribution in [1.29, 1.82) is 0 Å². The first-order valence-electron chi connectivity index (χ1n) is 6.81. The zero-order valence-corrected chi connectivity index (χ0v) is 12.2. The zero-order valence-electron chi connectivity index (χ0n) is 12.2. The van der Waals surface area contributed by atoms with Gasteiger partial charge in [0.05, 0.1) is 0 Å². The lowest BCUT2D eigenvalue weighted by atomic mass is 10.0. The molecule has 0 spiro atoms. The van der Waals surface area contributed by atoms with Crippen LogP contribution in [0.1, 0.15) is 36.9 Å². The van der Waals surface area contributed by atoms with E-state index in [0.29, 0.717) is 17.7 Å². The van der Waals surface area contributed by atoms with Crippen molar-refractivity contribution >= 4 is 11.9 Å². The van der Waals surface area contributed by atoms with Crippen LogP contribution in [0, 0.1) is 12.7 Å². The standard InChI is InChI=1S/C15H20FNO4/c1-3-4-7-21-9-13(18)17-14(15(19)20)11-5-6-12(16)10(2)8-11/h5-6,8,14H,3-4,7,9H2,1-2H3,(H,17,18)(H,19,20). The molecule has 0 aliphatic carbocycles. The summed E-state index contributed by atoms with van der Waals surface area (Å²) >= 11 is 0. The number of aliphatic carboxylic acids is 1. The number of carbonyl (C=O) groups excluding carboxylic acids is 1. The summed E-state index contributed by atoms with van der Waals surface area (Å²) in [7, 11) is 0. The van der Waals surface area contributed by atoms with Gasteiger partial charge in [0, 0.05) is 6.61 Å². The summed E-state index contributed by atoms with van der Waals surface area (Å²) in [5, 5.41) is 11.6. The first-order chi connectivity index (χ1) is 9.95. The maximum Gasteiger partial charge on any atom is 0.330 e. The molecule has 6 heteroatoms. The van der Waals surface area contributed by atoms with Crippen molar-refractivity contribution < 1.29 is 23.8 Å². The largest absolute Gasteiger partial charge is 0.479 e. The number of carboxylic acid groups (broad SMARTS) is 1. The number of amides is 1. The van der Waals surface area contributed by atoms with E-state index in [9.17, 15) is 19.1 Å². The van der Waals surface area contributed by atoms with Crippen molar-refractivity contribution in [2.24, 2.45) is 0 Å². The second kappa shape index (κ2) is 8.36. The second-order valence-corrected chi connectivity index (χ2v) is 4.75. The number of carboxylic acids is 1.